The summed E-state index contributed by atoms with van der Waals surface area (Å²) >= 11 is 0. The summed E-state index contributed by atoms with van der Waals surface area (Å²) in [6.07, 6.45) is 2.66. The van der Waals surface area contributed by atoms with Gasteiger partial charge in [-0.1, -0.05) is 6.92 Å². The van der Waals surface area contributed by atoms with Gasteiger partial charge in [0.05, 0.1) is 5.69 Å². The number of carbonyl (C=O) groups excluding carboxylic acids is 1. The van der Waals surface area contributed by atoms with E-state index in [0.29, 0.717) is 23.9 Å². The number of halogens is 1. The molecule has 1 aliphatic carbocycles. The molecular weight excluding hydrogens is 283 g/mol. The van der Waals surface area contributed by atoms with Crippen molar-refractivity contribution >= 4 is 11.9 Å². The minimum absolute atomic E-state index is 0.0617. The second-order valence-corrected chi connectivity index (χ2v) is 6.36. The summed E-state index contributed by atoms with van der Waals surface area (Å²) in [5, 5.41) is 7.13. The summed E-state index contributed by atoms with van der Waals surface area (Å²) in [6, 6.07) is 4.44. The van der Waals surface area contributed by atoms with Gasteiger partial charge in [0.25, 0.3) is 0 Å². The molecule has 3 rings (SSSR count). The van der Waals surface area contributed by atoms with Crippen molar-refractivity contribution in [3.63, 3.8) is 0 Å². The Morgan fingerprint density at radius 2 is 2.14 bits per heavy atom. The maximum Gasteiger partial charge on any atom is 0.233 e. The molecule has 1 aliphatic rings. The largest absolute Gasteiger partial charge is 0.294 e. The Labute approximate surface area is 128 Å². The molecule has 0 bridgehead atoms. The lowest BCUT2D eigenvalue weighted by atomic mass is 10.1. The molecule has 1 heterocycles. The lowest BCUT2D eigenvalue weighted by Crippen LogP contribution is -2.18. The minimum Gasteiger partial charge on any atom is -0.294 e. The minimum atomic E-state index is -0.301. The highest BCUT2D eigenvalue weighted by atomic mass is 19.1. The van der Waals surface area contributed by atoms with E-state index < -0.39 is 0 Å². The van der Waals surface area contributed by atoms with E-state index >= 15 is 0 Å². The molecule has 0 radical (unpaired) electrons. The number of nitrogens with zero attached hydrogens (tertiary/aromatic N) is 3. The number of benzene rings is 1. The molecule has 0 spiro atoms. The number of anilines is 1. The van der Waals surface area contributed by atoms with Crippen molar-refractivity contribution in [3.05, 3.63) is 35.4 Å². The third-order valence-corrected chi connectivity index (χ3v) is 4.04. The van der Waals surface area contributed by atoms with Gasteiger partial charge in [-0.2, -0.15) is 9.67 Å². The second kappa shape index (κ2) is 5.19. The van der Waals surface area contributed by atoms with E-state index in [0.717, 1.165) is 18.4 Å². The number of aromatic nitrogens is 3. The number of rotatable bonds is 4. The van der Waals surface area contributed by atoms with Crippen molar-refractivity contribution in [2.45, 2.75) is 40.0 Å². The van der Waals surface area contributed by atoms with Gasteiger partial charge in [-0.25, -0.2) is 4.39 Å². The van der Waals surface area contributed by atoms with Gasteiger partial charge in [0.2, 0.25) is 11.9 Å². The van der Waals surface area contributed by atoms with E-state index in [1.807, 2.05) is 0 Å². The van der Waals surface area contributed by atoms with Crippen LogP contribution in [0.25, 0.3) is 5.69 Å². The summed E-state index contributed by atoms with van der Waals surface area (Å²) in [7, 11) is 0. The van der Waals surface area contributed by atoms with Crippen LogP contribution in [0.5, 0.6) is 0 Å². The molecular formula is C16H19FN4O. The Morgan fingerprint density at radius 3 is 2.77 bits per heavy atom. The molecule has 6 heteroatoms. The summed E-state index contributed by atoms with van der Waals surface area (Å²) in [4.78, 5) is 16.4. The Morgan fingerprint density at radius 1 is 1.41 bits per heavy atom. The first-order valence-electron chi connectivity index (χ1n) is 7.36. The number of hydrogen-bond donors (Lipinski definition) is 1. The maximum atomic E-state index is 13.3. The van der Waals surface area contributed by atoms with E-state index in [9.17, 15) is 9.18 Å². The Balaban J connectivity index is 1.87. The standard InChI is InChI=1S/C16H19FN4O/c1-10-8-12(17)4-5-13(10)21-15(18-11(2)20-21)19-14(22)9-16(3)6-7-16/h4-5,8H,6-7,9H2,1-3H3,(H,18,19,20,22). The molecule has 0 atom stereocenters. The van der Waals surface area contributed by atoms with E-state index in [2.05, 4.69) is 22.3 Å². The van der Waals surface area contributed by atoms with Crippen LogP contribution in [0.4, 0.5) is 10.3 Å². The first kappa shape index (κ1) is 14.7. The van der Waals surface area contributed by atoms with Gasteiger partial charge < -0.3 is 0 Å². The zero-order chi connectivity index (χ0) is 15.9. The molecule has 1 fully saturated rings. The first-order valence-corrected chi connectivity index (χ1v) is 7.36. The van der Waals surface area contributed by atoms with E-state index in [4.69, 9.17) is 0 Å². The zero-order valence-corrected chi connectivity index (χ0v) is 13.0. The molecule has 5 nitrogen and oxygen atoms in total. The fraction of sp³-hybridized carbons (Fsp3) is 0.438. The summed E-state index contributed by atoms with van der Waals surface area (Å²) in [6.45, 7) is 5.66. The zero-order valence-electron chi connectivity index (χ0n) is 13.0. The third kappa shape index (κ3) is 3.00. The molecule has 116 valence electrons. The van der Waals surface area contributed by atoms with Gasteiger partial charge in [-0.3, -0.25) is 10.1 Å². The smallest absolute Gasteiger partial charge is 0.233 e. The maximum absolute atomic E-state index is 13.3. The lowest BCUT2D eigenvalue weighted by molar-refractivity contribution is -0.117. The third-order valence-electron chi connectivity index (χ3n) is 4.04. The molecule has 1 aromatic carbocycles. The van der Waals surface area contributed by atoms with Crippen molar-refractivity contribution < 1.29 is 9.18 Å². The van der Waals surface area contributed by atoms with E-state index in [1.165, 1.54) is 12.1 Å². The summed E-state index contributed by atoms with van der Waals surface area (Å²) in [5.41, 5.74) is 1.57. The number of nitrogens with one attached hydrogen (secondary N) is 1. The first-order chi connectivity index (χ1) is 10.4. The van der Waals surface area contributed by atoms with Crippen LogP contribution in [0.3, 0.4) is 0 Å². The average Bonchev–Trinajstić information content (AvgIpc) is 3.02. The number of hydrogen-bond acceptors (Lipinski definition) is 3. The molecule has 2 aromatic rings. The van der Waals surface area contributed by atoms with Crippen molar-refractivity contribution in [1.29, 1.82) is 0 Å². The Hall–Kier alpha value is -2.24. The predicted octanol–water partition coefficient (Wildman–Crippen LogP) is 3.15. The Bertz CT molecular complexity index is 734. The topological polar surface area (TPSA) is 59.8 Å². The average molecular weight is 302 g/mol. The van der Waals surface area contributed by atoms with Crippen LogP contribution in [0.2, 0.25) is 0 Å². The molecule has 0 unspecified atom stereocenters. The van der Waals surface area contributed by atoms with Crippen LogP contribution in [0, 0.1) is 25.1 Å². The van der Waals surface area contributed by atoms with Gasteiger partial charge in [0, 0.05) is 6.42 Å². The fourth-order valence-corrected chi connectivity index (χ4v) is 2.47. The number of aryl methyl sites for hydroxylation is 2. The van der Waals surface area contributed by atoms with E-state index in [-0.39, 0.29) is 17.1 Å². The van der Waals surface area contributed by atoms with Crippen LogP contribution in [-0.2, 0) is 4.79 Å². The SMILES string of the molecule is Cc1nc(NC(=O)CC2(C)CC2)n(-c2ccc(F)cc2C)n1. The predicted molar refractivity (Wildman–Crippen MR) is 81.4 cm³/mol. The van der Waals surface area contributed by atoms with Gasteiger partial charge in [0.1, 0.15) is 11.6 Å². The van der Waals surface area contributed by atoms with Gasteiger partial charge in [-0.15, -0.1) is 5.10 Å². The molecule has 0 saturated heterocycles. The highest BCUT2D eigenvalue weighted by molar-refractivity contribution is 5.90. The molecule has 0 aliphatic heterocycles. The van der Waals surface area contributed by atoms with Crippen LogP contribution in [0.1, 0.15) is 37.6 Å². The second-order valence-electron chi connectivity index (χ2n) is 6.36. The summed E-state index contributed by atoms with van der Waals surface area (Å²) in [5.74, 6) is 0.567. The molecule has 22 heavy (non-hydrogen) atoms. The van der Waals surface area contributed by atoms with Gasteiger partial charge >= 0.3 is 0 Å². The van der Waals surface area contributed by atoms with E-state index in [1.54, 1.807) is 24.6 Å². The van der Waals surface area contributed by atoms with Crippen molar-refractivity contribution in [1.82, 2.24) is 14.8 Å². The van der Waals surface area contributed by atoms with Crippen molar-refractivity contribution in [2.24, 2.45) is 5.41 Å². The normalized spacial score (nSPS) is 15.6. The highest BCUT2D eigenvalue weighted by Crippen LogP contribution is 2.48. The van der Waals surface area contributed by atoms with Crippen LogP contribution < -0.4 is 5.32 Å². The monoisotopic (exact) mass is 302 g/mol. The van der Waals surface area contributed by atoms with Crippen LogP contribution in [-0.4, -0.2) is 20.7 Å². The molecule has 1 aromatic heterocycles. The Kier molecular flexibility index (Phi) is 3.47. The molecule has 1 saturated carbocycles. The summed E-state index contributed by atoms with van der Waals surface area (Å²) < 4.78 is 14.8. The quantitative estimate of drug-likeness (QED) is 0.943. The van der Waals surface area contributed by atoms with Crippen LogP contribution >= 0.6 is 0 Å². The lowest BCUT2D eigenvalue weighted by Gasteiger charge is -2.11. The van der Waals surface area contributed by atoms with Crippen molar-refractivity contribution in [3.8, 4) is 5.69 Å². The number of carbonyl (C=O) groups is 1. The number of amides is 1. The highest BCUT2D eigenvalue weighted by Gasteiger charge is 2.39. The van der Waals surface area contributed by atoms with Crippen molar-refractivity contribution in [2.75, 3.05) is 5.32 Å². The molecule has 1 N–H and O–H groups in total. The fourth-order valence-electron chi connectivity index (χ4n) is 2.47. The molecule has 1 amide bonds. The van der Waals surface area contributed by atoms with Gasteiger partial charge in [-0.05, 0) is 55.9 Å². The van der Waals surface area contributed by atoms with Crippen LogP contribution in [0.15, 0.2) is 18.2 Å². The van der Waals surface area contributed by atoms with Gasteiger partial charge in [0.15, 0.2) is 0 Å².